The molecule has 8 aromatic rings. The number of benzene rings is 6. The van der Waals surface area contributed by atoms with Crippen LogP contribution >= 0.6 is 0 Å². The van der Waals surface area contributed by atoms with Gasteiger partial charge < -0.3 is 45.1 Å². The Morgan fingerprint density at radius 3 is 1.46 bits per heavy atom. The Kier molecular flexibility index (Phi) is 19.7. The SMILES string of the molecule is CCCc1ccc(CC(=O)O)c(OCc2cc(-c3cccc(CN)c3)c3occc3c2)c1.CCCc1ccc(CC(=O)OCC)c(OCc2cc(-c3cccc(CN)c3)c3occc3c2)c1.[Li+].[OH-]. The predicted octanol–water partition coefficient (Wildman–Crippen LogP) is 8.74. The predicted molar refractivity (Wildman–Crippen MR) is 262 cm³/mol. The van der Waals surface area contributed by atoms with Gasteiger partial charge in [0.15, 0.2) is 0 Å². The number of aliphatic carboxylic acids is 1. The Morgan fingerprint density at radius 2 is 1.03 bits per heavy atom. The van der Waals surface area contributed by atoms with E-state index >= 15 is 0 Å². The molecular formula is C56H59LiN2O9. The zero-order valence-electron chi connectivity index (χ0n) is 39.4. The Balaban J connectivity index is 0.000000247. The van der Waals surface area contributed by atoms with E-state index in [0.29, 0.717) is 44.2 Å². The minimum Gasteiger partial charge on any atom is -0.870 e. The molecule has 6 aromatic carbocycles. The van der Waals surface area contributed by atoms with Crippen LogP contribution < -0.4 is 39.8 Å². The van der Waals surface area contributed by atoms with Gasteiger partial charge in [0, 0.05) is 46.1 Å². The van der Waals surface area contributed by atoms with Gasteiger partial charge in [-0.15, -0.1) is 0 Å². The largest absolute Gasteiger partial charge is 1.00 e. The molecule has 348 valence electrons. The minimum atomic E-state index is -0.875. The van der Waals surface area contributed by atoms with Crippen molar-refractivity contribution in [2.24, 2.45) is 11.5 Å². The number of ether oxygens (including phenoxy) is 3. The molecule has 0 unspecified atom stereocenters. The molecule has 6 N–H and O–H groups in total. The zero-order chi connectivity index (χ0) is 46.4. The van der Waals surface area contributed by atoms with Gasteiger partial charge in [0.25, 0.3) is 0 Å². The van der Waals surface area contributed by atoms with Gasteiger partial charge in [0.1, 0.15) is 35.9 Å². The number of aryl methyl sites for hydroxylation is 2. The third-order valence-electron chi connectivity index (χ3n) is 11.3. The standard InChI is InChI=1S/C29H31NO4.C27H27NO4.Li.H2O/c1-3-6-20-9-10-24(17-28(31)32-4-2)27(16-20)34-19-22-14-25-11-12-33-29(25)26(15-22)23-8-5-7-21(13-23)18-30;1-2-4-18-7-8-22(15-26(29)30)25(14-18)32-17-20-12-23-9-10-31-27(23)24(13-20)21-6-3-5-19(11-21)16-28;;/h5,7-16H,3-4,6,17-19,30H2,1-2H3;3,5-14H,2,4,15-17,28H2,1H3,(H,29,30);;1H2/q;;+1;/p-1. The van der Waals surface area contributed by atoms with Crippen LogP contribution in [-0.2, 0) is 66.3 Å². The molecule has 8 rings (SSSR count). The van der Waals surface area contributed by atoms with Crippen molar-refractivity contribution in [3.05, 3.63) is 178 Å². The first-order valence-corrected chi connectivity index (χ1v) is 22.6. The smallest absolute Gasteiger partial charge is 0.870 e. The van der Waals surface area contributed by atoms with Gasteiger partial charge in [-0.2, -0.15) is 0 Å². The van der Waals surface area contributed by atoms with Gasteiger partial charge >= 0.3 is 30.8 Å². The molecule has 0 atom stereocenters. The summed E-state index contributed by atoms with van der Waals surface area (Å²) in [5.74, 6) is 0.216. The van der Waals surface area contributed by atoms with Gasteiger partial charge in [-0.05, 0) is 125 Å². The van der Waals surface area contributed by atoms with Gasteiger partial charge in [0.05, 0.1) is 32.0 Å². The van der Waals surface area contributed by atoms with E-state index < -0.39 is 5.97 Å². The molecule has 0 saturated carbocycles. The second-order valence-electron chi connectivity index (χ2n) is 16.3. The van der Waals surface area contributed by atoms with Gasteiger partial charge in [-0.25, -0.2) is 0 Å². The Hall–Kier alpha value is -6.58. The number of nitrogens with two attached hydrogens (primary N) is 2. The van der Waals surface area contributed by atoms with Gasteiger partial charge in [0.2, 0.25) is 0 Å². The number of carboxylic acid groups (broad SMARTS) is 1. The number of esters is 1. The number of fused-ring (bicyclic) bond motifs is 2. The van der Waals surface area contributed by atoms with Crippen LogP contribution in [0.2, 0.25) is 0 Å². The van der Waals surface area contributed by atoms with E-state index in [1.54, 1.807) is 12.5 Å². The molecule has 0 radical (unpaired) electrons. The third kappa shape index (κ3) is 13.5. The summed E-state index contributed by atoms with van der Waals surface area (Å²) in [7, 11) is 0. The van der Waals surface area contributed by atoms with Crippen molar-refractivity contribution in [3.8, 4) is 33.8 Å². The fraction of sp³-hybridized carbons (Fsp3) is 0.250. The Labute approximate surface area is 409 Å². The summed E-state index contributed by atoms with van der Waals surface area (Å²) in [5.41, 5.74) is 25.4. The monoisotopic (exact) mass is 910 g/mol. The molecule has 0 fully saturated rings. The molecular weight excluding hydrogens is 852 g/mol. The summed E-state index contributed by atoms with van der Waals surface area (Å²) in [4.78, 5) is 23.4. The van der Waals surface area contributed by atoms with Crippen LogP contribution in [0.5, 0.6) is 11.5 Å². The maximum absolute atomic E-state index is 12.1. The molecule has 0 saturated heterocycles. The molecule has 0 aliphatic heterocycles. The fourth-order valence-electron chi connectivity index (χ4n) is 8.12. The van der Waals surface area contributed by atoms with Crippen LogP contribution in [-0.4, -0.2) is 29.1 Å². The minimum absolute atomic E-state index is 0. The summed E-state index contributed by atoms with van der Waals surface area (Å²) in [6.45, 7) is 8.09. The number of furan rings is 2. The summed E-state index contributed by atoms with van der Waals surface area (Å²) in [5, 5.41) is 11.3. The topological polar surface area (TPSA) is 190 Å². The van der Waals surface area contributed by atoms with Crippen molar-refractivity contribution >= 4 is 33.9 Å². The molecule has 0 aliphatic rings. The quantitative estimate of drug-likeness (QED) is 0.0520. The van der Waals surface area contributed by atoms with Crippen LogP contribution in [0.3, 0.4) is 0 Å². The number of hydrogen-bond donors (Lipinski definition) is 3. The van der Waals surface area contributed by atoms with Crippen LogP contribution in [0.15, 0.2) is 143 Å². The molecule has 12 heteroatoms. The molecule has 0 bridgehead atoms. The van der Waals surface area contributed by atoms with E-state index in [1.165, 1.54) is 5.56 Å². The molecule has 68 heavy (non-hydrogen) atoms. The molecule has 0 aliphatic carbocycles. The van der Waals surface area contributed by atoms with Crippen molar-refractivity contribution in [3.63, 3.8) is 0 Å². The summed E-state index contributed by atoms with van der Waals surface area (Å²) in [6.07, 6.45) is 7.44. The van der Waals surface area contributed by atoms with Crippen LogP contribution in [0, 0.1) is 0 Å². The molecule has 2 heterocycles. The first-order chi connectivity index (χ1) is 32.2. The van der Waals surface area contributed by atoms with Crippen LogP contribution in [0.4, 0.5) is 0 Å². The van der Waals surface area contributed by atoms with E-state index in [4.69, 9.17) is 34.5 Å². The van der Waals surface area contributed by atoms with E-state index in [9.17, 15) is 14.7 Å². The van der Waals surface area contributed by atoms with Crippen molar-refractivity contribution in [1.29, 1.82) is 0 Å². The van der Waals surface area contributed by atoms with Crippen LogP contribution in [0.25, 0.3) is 44.2 Å². The summed E-state index contributed by atoms with van der Waals surface area (Å²) in [6, 6.07) is 40.4. The first kappa shape index (κ1) is 52.4. The molecule has 0 amide bonds. The first-order valence-electron chi connectivity index (χ1n) is 22.6. The van der Waals surface area contributed by atoms with E-state index in [-0.39, 0.29) is 43.1 Å². The Bertz CT molecular complexity index is 2920. The molecule has 2 aromatic heterocycles. The van der Waals surface area contributed by atoms with E-state index in [2.05, 4.69) is 56.3 Å². The second-order valence-corrected chi connectivity index (χ2v) is 16.3. The fourth-order valence-corrected chi connectivity index (χ4v) is 8.12. The van der Waals surface area contributed by atoms with Crippen LogP contribution in [0.1, 0.15) is 78.1 Å². The number of carbonyl (C=O) groups is 2. The number of rotatable bonds is 19. The number of hydrogen-bond acceptors (Lipinski definition) is 10. The molecule has 0 spiro atoms. The van der Waals surface area contributed by atoms with Crippen molar-refractivity contribution in [2.75, 3.05) is 6.61 Å². The van der Waals surface area contributed by atoms with Crippen molar-refractivity contribution in [1.82, 2.24) is 0 Å². The maximum Gasteiger partial charge on any atom is 1.00 e. The second kappa shape index (κ2) is 25.5. The zero-order valence-corrected chi connectivity index (χ0v) is 39.4. The van der Waals surface area contributed by atoms with Gasteiger partial charge in [-0.3, -0.25) is 9.59 Å². The average Bonchev–Trinajstić information content (AvgIpc) is 4.02. The maximum atomic E-state index is 12.1. The molecule has 11 nitrogen and oxygen atoms in total. The summed E-state index contributed by atoms with van der Waals surface area (Å²) < 4.78 is 29.2. The number of carbonyl (C=O) groups excluding carboxylic acids is 1. The summed E-state index contributed by atoms with van der Waals surface area (Å²) >= 11 is 0. The van der Waals surface area contributed by atoms with Gasteiger partial charge in [-0.1, -0.05) is 87.4 Å². The van der Waals surface area contributed by atoms with E-state index in [1.807, 2.05) is 85.8 Å². The normalized spacial score (nSPS) is 10.7. The third-order valence-corrected chi connectivity index (χ3v) is 11.3. The van der Waals surface area contributed by atoms with Crippen molar-refractivity contribution < 1.29 is 62.1 Å². The van der Waals surface area contributed by atoms with Crippen molar-refractivity contribution in [2.45, 2.75) is 85.6 Å². The number of carboxylic acids is 1. The Morgan fingerprint density at radius 1 is 0.559 bits per heavy atom. The average molecular weight is 911 g/mol. The van der Waals surface area contributed by atoms with E-state index in [0.717, 1.165) is 109 Å².